The van der Waals surface area contributed by atoms with Crippen molar-refractivity contribution in [2.24, 2.45) is 0 Å². The van der Waals surface area contributed by atoms with Crippen LogP contribution in [0.5, 0.6) is 0 Å². The molecule has 10 nitrogen and oxygen atoms in total. The third-order valence-electron chi connectivity index (χ3n) is 8.69. The van der Waals surface area contributed by atoms with Gasteiger partial charge in [0, 0.05) is 78.6 Å². The van der Waals surface area contributed by atoms with Crippen LogP contribution in [-0.2, 0) is 20.8 Å². The number of aromatic nitrogens is 1. The summed E-state index contributed by atoms with van der Waals surface area (Å²) in [6.45, 7) is 10.1. The van der Waals surface area contributed by atoms with Gasteiger partial charge in [0.05, 0.1) is 24.2 Å². The summed E-state index contributed by atoms with van der Waals surface area (Å²) in [6, 6.07) is 22.7. The van der Waals surface area contributed by atoms with Gasteiger partial charge in [-0.05, 0) is 74.7 Å². The van der Waals surface area contributed by atoms with Gasteiger partial charge < -0.3 is 28.6 Å². The largest absolute Gasteiger partial charge is 0.461 e. The summed E-state index contributed by atoms with van der Waals surface area (Å²) in [4.78, 5) is 28.8. The molecule has 0 bridgehead atoms. The summed E-state index contributed by atoms with van der Waals surface area (Å²) in [6.07, 6.45) is 2.62. The average Bonchev–Trinajstić information content (AvgIpc) is 3.63. The molecule has 1 atom stereocenters. The number of nitro groups is 1. The number of halogens is 1. The monoisotopic (exact) mass is 658 g/mol. The zero-order valence-electron chi connectivity index (χ0n) is 26.9. The van der Waals surface area contributed by atoms with Gasteiger partial charge >= 0.3 is 5.97 Å². The molecule has 47 heavy (non-hydrogen) atoms. The maximum absolute atomic E-state index is 13.6. The van der Waals surface area contributed by atoms with Crippen LogP contribution < -0.4 is 9.80 Å². The number of nitro benzene ring substituents is 1. The molecule has 0 unspecified atom stereocenters. The Kier molecular flexibility index (Phi) is 9.54. The van der Waals surface area contributed by atoms with Crippen molar-refractivity contribution >= 4 is 34.6 Å². The Balaban J connectivity index is 1.27. The van der Waals surface area contributed by atoms with E-state index in [1.807, 2.05) is 67.9 Å². The highest BCUT2D eigenvalue weighted by molar-refractivity contribution is 6.30. The maximum atomic E-state index is 13.6. The number of nitrogens with zero attached hydrogens (tertiary/aromatic N) is 4. The van der Waals surface area contributed by atoms with E-state index in [0.29, 0.717) is 30.3 Å². The van der Waals surface area contributed by atoms with Crippen LogP contribution in [-0.4, -0.2) is 66.7 Å². The van der Waals surface area contributed by atoms with Gasteiger partial charge in [-0.1, -0.05) is 35.9 Å². The van der Waals surface area contributed by atoms with Crippen molar-refractivity contribution in [2.75, 3.05) is 49.2 Å². The molecule has 6 rings (SSSR count). The van der Waals surface area contributed by atoms with Crippen molar-refractivity contribution < 1.29 is 23.9 Å². The van der Waals surface area contributed by atoms with Gasteiger partial charge in [-0.15, -0.1) is 0 Å². The smallest absolute Gasteiger partial charge is 0.355 e. The van der Waals surface area contributed by atoms with E-state index in [-0.39, 0.29) is 29.3 Å². The minimum atomic E-state index is -0.621. The van der Waals surface area contributed by atoms with Gasteiger partial charge in [-0.2, -0.15) is 0 Å². The number of rotatable bonds is 10. The molecule has 0 radical (unpaired) electrons. The summed E-state index contributed by atoms with van der Waals surface area (Å²) in [5.41, 5.74) is 6.24. The Hall–Kier alpha value is -4.38. The molecule has 246 valence electrons. The number of esters is 1. The van der Waals surface area contributed by atoms with Gasteiger partial charge in [-0.3, -0.25) is 10.1 Å². The summed E-state index contributed by atoms with van der Waals surface area (Å²) < 4.78 is 19.4. The second-order valence-corrected chi connectivity index (χ2v) is 12.7. The minimum absolute atomic E-state index is 0.0787. The van der Waals surface area contributed by atoms with E-state index in [0.717, 1.165) is 59.8 Å². The van der Waals surface area contributed by atoms with E-state index < -0.39 is 5.79 Å². The van der Waals surface area contributed by atoms with E-state index in [9.17, 15) is 14.9 Å². The lowest BCUT2D eigenvalue weighted by Crippen LogP contribution is -2.46. The van der Waals surface area contributed by atoms with Gasteiger partial charge in [0.15, 0.2) is 5.79 Å². The van der Waals surface area contributed by atoms with Crippen molar-refractivity contribution in [2.45, 2.75) is 45.6 Å². The van der Waals surface area contributed by atoms with Crippen LogP contribution in [0.25, 0.3) is 22.3 Å². The number of aryl methyl sites for hydroxylation is 1. The number of carbonyl (C=O) groups is 1. The molecular formula is C36H39ClN4O6. The zero-order chi connectivity index (χ0) is 33.1. The summed E-state index contributed by atoms with van der Waals surface area (Å²) in [7, 11) is 0. The predicted octanol–water partition coefficient (Wildman–Crippen LogP) is 7.43. The second kappa shape index (κ2) is 13.8. The molecule has 11 heteroatoms. The second-order valence-electron chi connectivity index (χ2n) is 12.2. The molecule has 0 aliphatic carbocycles. The Morgan fingerprint density at radius 2 is 1.51 bits per heavy atom. The topological polar surface area (TPSA) is 99.3 Å². The molecule has 3 aromatic carbocycles. The lowest BCUT2D eigenvalue weighted by molar-refractivity contribution is -0.384. The average molecular weight is 659 g/mol. The van der Waals surface area contributed by atoms with Crippen molar-refractivity contribution in [3.05, 3.63) is 99.8 Å². The third kappa shape index (κ3) is 7.30. The third-order valence-corrected chi connectivity index (χ3v) is 8.94. The number of benzene rings is 3. The molecule has 0 amide bonds. The first-order valence-corrected chi connectivity index (χ1v) is 16.3. The summed E-state index contributed by atoms with van der Waals surface area (Å²) >= 11 is 6.24. The first-order valence-electron chi connectivity index (χ1n) is 15.9. The van der Waals surface area contributed by atoms with Crippen LogP contribution >= 0.6 is 11.6 Å². The highest BCUT2D eigenvalue weighted by atomic mass is 35.5. The molecule has 2 fully saturated rings. The Morgan fingerprint density at radius 1 is 0.936 bits per heavy atom. The standard InChI is InChI=1S/C36H39ClN4O6/c1-4-45-35(42)34-33(32(25-5-9-27(37)10-6-25)23-40(34)18-17-31-24-46-36(2,3)47-31)26-7-11-28(12-8-26)38-19-21-39(22-20-38)29-13-15-30(16-14-29)41(43)44/h5-16,23,31H,4,17-22,24H2,1-3H3/t31-/m0/s1. The van der Waals surface area contributed by atoms with Gasteiger partial charge in [0.2, 0.25) is 0 Å². The van der Waals surface area contributed by atoms with Gasteiger partial charge in [0.25, 0.3) is 5.69 Å². The van der Waals surface area contributed by atoms with Crippen LogP contribution in [0.2, 0.25) is 5.02 Å². The number of ether oxygens (including phenoxy) is 3. The van der Waals surface area contributed by atoms with Gasteiger partial charge in [-0.25, -0.2) is 4.79 Å². The quantitative estimate of drug-likeness (QED) is 0.0986. The molecule has 2 aliphatic rings. The van der Waals surface area contributed by atoms with Crippen LogP contribution in [0.4, 0.5) is 17.1 Å². The zero-order valence-corrected chi connectivity index (χ0v) is 27.6. The number of carbonyl (C=O) groups excluding carboxylic acids is 1. The first-order chi connectivity index (χ1) is 22.6. The van der Waals surface area contributed by atoms with Crippen LogP contribution in [0.15, 0.2) is 79.0 Å². The fourth-order valence-corrected chi connectivity index (χ4v) is 6.45. The summed E-state index contributed by atoms with van der Waals surface area (Å²) in [5.74, 6) is -0.998. The molecule has 3 heterocycles. The highest BCUT2D eigenvalue weighted by Gasteiger charge is 2.33. The van der Waals surface area contributed by atoms with Crippen LogP contribution in [0.1, 0.15) is 37.7 Å². The molecule has 2 aliphatic heterocycles. The van der Waals surface area contributed by atoms with E-state index in [2.05, 4.69) is 34.1 Å². The number of piperazine rings is 1. The molecule has 0 spiro atoms. The number of hydrogen-bond donors (Lipinski definition) is 0. The number of non-ortho nitro benzene ring substituents is 1. The van der Waals surface area contributed by atoms with Crippen LogP contribution in [0.3, 0.4) is 0 Å². The van der Waals surface area contributed by atoms with Crippen molar-refractivity contribution in [3.8, 4) is 22.3 Å². The Morgan fingerprint density at radius 3 is 2.04 bits per heavy atom. The van der Waals surface area contributed by atoms with Gasteiger partial charge in [0.1, 0.15) is 5.69 Å². The SMILES string of the molecule is CCOC(=O)c1c(-c2ccc(N3CCN(c4ccc([N+](=O)[O-])cc4)CC3)cc2)c(-c2ccc(Cl)cc2)cn1CC[C@H]1COC(C)(C)O1. The lowest BCUT2D eigenvalue weighted by Gasteiger charge is -2.37. The number of anilines is 2. The van der Waals surface area contributed by atoms with E-state index in [4.69, 9.17) is 25.8 Å². The molecule has 4 aromatic rings. The fraction of sp³-hybridized carbons (Fsp3) is 0.361. The fourth-order valence-electron chi connectivity index (χ4n) is 6.33. The van der Waals surface area contributed by atoms with E-state index in [1.165, 1.54) is 0 Å². The molecule has 0 saturated carbocycles. The minimum Gasteiger partial charge on any atom is -0.461 e. The molecule has 0 N–H and O–H groups in total. The Bertz CT molecular complexity index is 1710. The molecule has 2 saturated heterocycles. The maximum Gasteiger partial charge on any atom is 0.355 e. The van der Waals surface area contributed by atoms with E-state index >= 15 is 0 Å². The van der Waals surface area contributed by atoms with Crippen molar-refractivity contribution in [1.29, 1.82) is 0 Å². The lowest BCUT2D eigenvalue weighted by atomic mass is 9.96. The molecular weight excluding hydrogens is 620 g/mol. The Labute approximate surface area is 279 Å². The van der Waals surface area contributed by atoms with E-state index in [1.54, 1.807) is 12.1 Å². The number of hydrogen-bond acceptors (Lipinski definition) is 8. The first kappa shape index (κ1) is 32.6. The normalized spacial score (nSPS) is 17.6. The van der Waals surface area contributed by atoms with Crippen LogP contribution in [0, 0.1) is 10.1 Å². The summed E-state index contributed by atoms with van der Waals surface area (Å²) in [5, 5.41) is 11.7. The van der Waals surface area contributed by atoms with Crippen molar-refractivity contribution in [3.63, 3.8) is 0 Å². The predicted molar refractivity (Wildman–Crippen MR) is 183 cm³/mol. The molecule has 1 aromatic heterocycles. The highest BCUT2D eigenvalue weighted by Crippen LogP contribution is 2.39. The van der Waals surface area contributed by atoms with Crippen molar-refractivity contribution in [1.82, 2.24) is 4.57 Å².